The molecule has 0 radical (unpaired) electrons. The van der Waals surface area contributed by atoms with Gasteiger partial charge in [-0.2, -0.15) is 0 Å². The fourth-order valence-corrected chi connectivity index (χ4v) is 4.02. The lowest BCUT2D eigenvalue weighted by Gasteiger charge is -2.34. The second-order valence-electron chi connectivity index (χ2n) is 6.43. The maximum absolute atomic E-state index is 13.9. The van der Waals surface area contributed by atoms with E-state index in [4.69, 9.17) is 9.84 Å². The molecular formula is C18H22FN3O3S. The molecular weight excluding hydrogens is 357 g/mol. The van der Waals surface area contributed by atoms with Crippen molar-refractivity contribution in [1.82, 2.24) is 14.8 Å². The zero-order chi connectivity index (χ0) is 18.5. The van der Waals surface area contributed by atoms with Gasteiger partial charge in [-0.05, 0) is 19.2 Å². The van der Waals surface area contributed by atoms with Gasteiger partial charge in [-0.25, -0.2) is 9.37 Å². The molecule has 0 spiro atoms. The first-order valence-corrected chi connectivity index (χ1v) is 9.27. The molecule has 1 atom stereocenters. The number of ether oxygens (including phenoxy) is 1. The van der Waals surface area contributed by atoms with E-state index in [1.54, 1.807) is 36.3 Å². The number of morpholine rings is 1. The Hall–Kier alpha value is -1.87. The standard InChI is InChI=1S/C18H22FN3O3S/c1-21(12-17(23)24)9-13-10-22(6-7-25-13)11-14-8-20-18(26-14)15-4-2-3-5-16(15)19/h2-5,8,13H,6-7,9-12H2,1H3,(H,23,24). The lowest BCUT2D eigenvalue weighted by molar-refractivity contribution is -0.138. The van der Waals surface area contributed by atoms with Gasteiger partial charge in [-0.1, -0.05) is 12.1 Å². The maximum atomic E-state index is 13.9. The summed E-state index contributed by atoms with van der Waals surface area (Å²) in [6.07, 6.45) is 1.78. The summed E-state index contributed by atoms with van der Waals surface area (Å²) in [5.41, 5.74) is 0.527. The lowest BCUT2D eigenvalue weighted by Crippen LogP contribution is -2.47. The van der Waals surface area contributed by atoms with Crippen molar-refractivity contribution in [2.24, 2.45) is 0 Å². The number of halogens is 1. The van der Waals surface area contributed by atoms with Gasteiger partial charge in [-0.3, -0.25) is 14.6 Å². The van der Waals surface area contributed by atoms with E-state index in [2.05, 4.69) is 9.88 Å². The van der Waals surface area contributed by atoms with E-state index < -0.39 is 5.97 Å². The third kappa shape index (κ3) is 5.07. The molecule has 0 bridgehead atoms. The second kappa shape index (κ2) is 8.68. The van der Waals surface area contributed by atoms with Crippen molar-refractivity contribution < 1.29 is 19.0 Å². The number of aliphatic carboxylic acids is 1. The number of carboxylic acids is 1. The molecule has 1 aliphatic rings. The van der Waals surface area contributed by atoms with Crippen LogP contribution in [-0.2, 0) is 16.1 Å². The first kappa shape index (κ1) is 18.9. The van der Waals surface area contributed by atoms with Crippen molar-refractivity contribution in [2.75, 3.05) is 39.8 Å². The third-order valence-electron chi connectivity index (χ3n) is 4.18. The van der Waals surface area contributed by atoms with Crippen LogP contribution in [0.3, 0.4) is 0 Å². The minimum absolute atomic E-state index is 0.000699. The summed E-state index contributed by atoms with van der Waals surface area (Å²) in [4.78, 5) is 20.2. The number of carboxylic acid groups (broad SMARTS) is 1. The topological polar surface area (TPSA) is 65.9 Å². The Morgan fingerprint density at radius 3 is 3.08 bits per heavy atom. The number of benzene rings is 1. The van der Waals surface area contributed by atoms with E-state index in [1.807, 2.05) is 0 Å². The number of carbonyl (C=O) groups is 1. The number of thiazole rings is 1. The van der Waals surface area contributed by atoms with E-state index in [-0.39, 0.29) is 18.5 Å². The minimum atomic E-state index is -0.842. The predicted molar refractivity (Wildman–Crippen MR) is 97.7 cm³/mol. The Bertz CT molecular complexity index is 755. The Balaban J connectivity index is 1.57. The van der Waals surface area contributed by atoms with Crippen molar-refractivity contribution in [3.05, 3.63) is 41.2 Å². The van der Waals surface area contributed by atoms with Gasteiger partial charge in [0.1, 0.15) is 10.8 Å². The summed E-state index contributed by atoms with van der Waals surface area (Å²) in [7, 11) is 1.78. The molecule has 2 heterocycles. The quantitative estimate of drug-likeness (QED) is 0.795. The van der Waals surface area contributed by atoms with Crippen LogP contribution in [0.2, 0.25) is 0 Å². The molecule has 26 heavy (non-hydrogen) atoms. The van der Waals surface area contributed by atoms with Crippen LogP contribution >= 0.6 is 11.3 Å². The lowest BCUT2D eigenvalue weighted by atomic mass is 10.2. The summed E-state index contributed by atoms with van der Waals surface area (Å²) in [6.45, 7) is 3.47. The van der Waals surface area contributed by atoms with Gasteiger partial charge in [0.15, 0.2) is 0 Å². The molecule has 0 saturated carbocycles. The molecule has 1 saturated heterocycles. The van der Waals surface area contributed by atoms with Gasteiger partial charge in [-0.15, -0.1) is 11.3 Å². The van der Waals surface area contributed by atoms with E-state index >= 15 is 0 Å². The van der Waals surface area contributed by atoms with Crippen molar-refractivity contribution in [3.63, 3.8) is 0 Å². The molecule has 3 rings (SSSR count). The second-order valence-corrected chi connectivity index (χ2v) is 7.55. The molecule has 140 valence electrons. The monoisotopic (exact) mass is 379 g/mol. The molecule has 0 amide bonds. The van der Waals surface area contributed by atoms with Crippen molar-refractivity contribution in [3.8, 4) is 10.6 Å². The van der Waals surface area contributed by atoms with E-state index in [0.717, 1.165) is 24.5 Å². The smallest absolute Gasteiger partial charge is 0.317 e. The summed E-state index contributed by atoms with van der Waals surface area (Å²) >= 11 is 1.50. The molecule has 2 aromatic rings. The largest absolute Gasteiger partial charge is 0.480 e. The molecule has 6 nitrogen and oxygen atoms in total. The fraction of sp³-hybridized carbons (Fsp3) is 0.444. The molecule has 1 fully saturated rings. The summed E-state index contributed by atoms with van der Waals surface area (Å²) in [5, 5.41) is 9.54. The van der Waals surface area contributed by atoms with Crippen LogP contribution in [0.1, 0.15) is 4.88 Å². The van der Waals surface area contributed by atoms with Gasteiger partial charge in [0.05, 0.1) is 19.3 Å². The molecule has 1 unspecified atom stereocenters. The summed E-state index contributed by atoms with van der Waals surface area (Å²) in [6, 6.07) is 6.65. The highest BCUT2D eigenvalue weighted by molar-refractivity contribution is 7.15. The van der Waals surface area contributed by atoms with E-state index in [1.165, 1.54) is 17.4 Å². The zero-order valence-corrected chi connectivity index (χ0v) is 15.4. The van der Waals surface area contributed by atoms with Crippen LogP contribution in [-0.4, -0.2) is 71.8 Å². The molecule has 1 aromatic heterocycles. The number of aromatic nitrogens is 1. The van der Waals surface area contributed by atoms with Gasteiger partial charge in [0.25, 0.3) is 0 Å². The summed E-state index contributed by atoms with van der Waals surface area (Å²) in [5.74, 6) is -1.10. The van der Waals surface area contributed by atoms with Crippen LogP contribution < -0.4 is 0 Å². The van der Waals surface area contributed by atoms with E-state index in [0.29, 0.717) is 23.7 Å². The first-order chi connectivity index (χ1) is 12.5. The van der Waals surface area contributed by atoms with Crippen molar-refractivity contribution in [1.29, 1.82) is 0 Å². The first-order valence-electron chi connectivity index (χ1n) is 8.45. The molecule has 8 heteroatoms. The minimum Gasteiger partial charge on any atom is -0.480 e. The number of likely N-dealkylation sites (N-methyl/N-ethyl adjacent to an activating group) is 1. The number of nitrogens with zero attached hydrogens (tertiary/aromatic N) is 3. The normalized spacial score (nSPS) is 18.3. The highest BCUT2D eigenvalue weighted by Gasteiger charge is 2.23. The van der Waals surface area contributed by atoms with Crippen LogP contribution in [0, 0.1) is 5.82 Å². The Kier molecular flexibility index (Phi) is 6.31. The zero-order valence-electron chi connectivity index (χ0n) is 14.6. The summed E-state index contributed by atoms with van der Waals surface area (Å²) < 4.78 is 19.6. The Morgan fingerprint density at radius 2 is 2.31 bits per heavy atom. The molecule has 1 aromatic carbocycles. The molecule has 0 aliphatic carbocycles. The average molecular weight is 379 g/mol. The van der Waals surface area contributed by atoms with E-state index in [9.17, 15) is 9.18 Å². The number of hydrogen-bond acceptors (Lipinski definition) is 6. The van der Waals surface area contributed by atoms with Gasteiger partial charge in [0, 0.05) is 42.8 Å². The molecule has 1 N–H and O–H groups in total. The van der Waals surface area contributed by atoms with Crippen molar-refractivity contribution in [2.45, 2.75) is 12.6 Å². The van der Waals surface area contributed by atoms with Gasteiger partial charge in [0.2, 0.25) is 0 Å². The molecule has 1 aliphatic heterocycles. The number of rotatable bonds is 7. The third-order valence-corrected chi connectivity index (χ3v) is 5.20. The fourth-order valence-electron chi connectivity index (χ4n) is 3.04. The van der Waals surface area contributed by atoms with Crippen LogP contribution in [0.15, 0.2) is 30.5 Å². The predicted octanol–water partition coefficient (Wildman–Crippen LogP) is 2.17. The number of hydrogen-bond donors (Lipinski definition) is 1. The Morgan fingerprint density at radius 1 is 1.50 bits per heavy atom. The maximum Gasteiger partial charge on any atom is 0.317 e. The Labute approximate surface area is 155 Å². The average Bonchev–Trinajstić information content (AvgIpc) is 3.03. The van der Waals surface area contributed by atoms with Crippen LogP contribution in [0.5, 0.6) is 0 Å². The van der Waals surface area contributed by atoms with Crippen LogP contribution in [0.25, 0.3) is 10.6 Å². The highest BCUT2D eigenvalue weighted by Crippen LogP contribution is 2.28. The SMILES string of the molecule is CN(CC(=O)O)CC1CN(Cc2cnc(-c3ccccc3F)s2)CCO1. The van der Waals surface area contributed by atoms with Gasteiger partial charge >= 0.3 is 5.97 Å². The van der Waals surface area contributed by atoms with Crippen LogP contribution in [0.4, 0.5) is 4.39 Å². The van der Waals surface area contributed by atoms with Crippen molar-refractivity contribution >= 4 is 17.3 Å². The highest BCUT2D eigenvalue weighted by atomic mass is 32.1. The van der Waals surface area contributed by atoms with Gasteiger partial charge < -0.3 is 9.84 Å².